The Hall–Kier alpha value is -1.03. The molecule has 1 aliphatic carbocycles. The van der Waals surface area contributed by atoms with Gasteiger partial charge in [0.25, 0.3) is 0 Å². The first-order chi connectivity index (χ1) is 8.49. The molecule has 1 saturated carbocycles. The van der Waals surface area contributed by atoms with Crippen molar-refractivity contribution < 1.29 is 0 Å². The monoisotopic (exact) mass is 309 g/mol. The number of amidine groups is 1. The molecule has 0 aromatic heterocycles. The second-order valence-corrected chi connectivity index (χ2v) is 6.27. The Morgan fingerprint density at radius 1 is 1.50 bits per heavy atom. The molecule has 98 valence electrons. The Kier molecular flexibility index (Phi) is 3.95. The zero-order valence-corrected chi connectivity index (χ0v) is 12.5. The van der Waals surface area contributed by atoms with E-state index in [4.69, 9.17) is 11.1 Å². The summed E-state index contributed by atoms with van der Waals surface area (Å²) < 4.78 is 0.969. The van der Waals surface area contributed by atoms with Crippen molar-refractivity contribution in [1.82, 2.24) is 0 Å². The van der Waals surface area contributed by atoms with Gasteiger partial charge >= 0.3 is 0 Å². The van der Waals surface area contributed by atoms with Gasteiger partial charge in [-0.25, -0.2) is 0 Å². The first-order valence-corrected chi connectivity index (χ1v) is 7.19. The van der Waals surface area contributed by atoms with Gasteiger partial charge < -0.3 is 10.6 Å². The lowest BCUT2D eigenvalue weighted by molar-refractivity contribution is 0.607. The van der Waals surface area contributed by atoms with Gasteiger partial charge in [-0.3, -0.25) is 5.41 Å². The molecule has 0 atom stereocenters. The Balaban J connectivity index is 2.37. The van der Waals surface area contributed by atoms with Gasteiger partial charge in [0.2, 0.25) is 0 Å². The first kappa shape index (κ1) is 13.4. The van der Waals surface area contributed by atoms with Gasteiger partial charge in [-0.2, -0.15) is 0 Å². The molecule has 4 heteroatoms. The van der Waals surface area contributed by atoms with E-state index in [-0.39, 0.29) is 5.84 Å². The van der Waals surface area contributed by atoms with E-state index in [1.807, 2.05) is 12.1 Å². The predicted molar refractivity (Wildman–Crippen MR) is 80.4 cm³/mol. The third kappa shape index (κ3) is 3.05. The molecule has 1 aromatic rings. The van der Waals surface area contributed by atoms with Crippen LogP contribution >= 0.6 is 15.9 Å². The normalized spacial score (nSPS) is 14.9. The minimum absolute atomic E-state index is 0.140. The van der Waals surface area contributed by atoms with E-state index < -0.39 is 0 Å². The average Bonchev–Trinajstić information content (AvgIpc) is 3.09. The number of halogens is 1. The smallest absolute Gasteiger partial charge is 0.124 e. The molecule has 1 aliphatic rings. The second-order valence-electron chi connectivity index (χ2n) is 5.35. The van der Waals surface area contributed by atoms with Crippen LogP contribution in [0, 0.1) is 11.3 Å². The highest BCUT2D eigenvalue weighted by Crippen LogP contribution is 2.35. The van der Waals surface area contributed by atoms with E-state index in [0.29, 0.717) is 12.0 Å². The molecule has 0 aliphatic heterocycles. The molecular formula is C14H20BrN3. The fourth-order valence-electron chi connectivity index (χ4n) is 2.20. The van der Waals surface area contributed by atoms with Gasteiger partial charge in [0.05, 0.1) is 0 Å². The number of nitrogens with two attached hydrogens (primary N) is 1. The van der Waals surface area contributed by atoms with Crippen molar-refractivity contribution in [2.24, 2.45) is 11.7 Å². The van der Waals surface area contributed by atoms with Gasteiger partial charge in [0, 0.05) is 28.3 Å². The molecule has 0 heterocycles. The van der Waals surface area contributed by atoms with E-state index in [2.05, 4.69) is 40.7 Å². The van der Waals surface area contributed by atoms with Crippen LogP contribution in [0.15, 0.2) is 22.7 Å². The molecular weight excluding hydrogens is 290 g/mol. The number of nitrogens with zero attached hydrogens (tertiary/aromatic N) is 1. The fourth-order valence-corrected chi connectivity index (χ4v) is 2.56. The van der Waals surface area contributed by atoms with Crippen molar-refractivity contribution in [3.05, 3.63) is 28.2 Å². The van der Waals surface area contributed by atoms with E-state index in [1.54, 1.807) is 0 Å². The Labute approximate surface area is 117 Å². The number of rotatable bonds is 5. The lowest BCUT2D eigenvalue weighted by Crippen LogP contribution is -2.32. The SMILES string of the molecule is CC(C)CN(c1ccc(Br)cc1C(=N)N)C1CC1. The van der Waals surface area contributed by atoms with Crippen molar-refractivity contribution in [1.29, 1.82) is 5.41 Å². The molecule has 2 rings (SSSR count). The van der Waals surface area contributed by atoms with Crippen LogP contribution in [0.3, 0.4) is 0 Å². The minimum Gasteiger partial charge on any atom is -0.384 e. The molecule has 0 bridgehead atoms. The lowest BCUT2D eigenvalue weighted by Gasteiger charge is -2.28. The summed E-state index contributed by atoms with van der Waals surface area (Å²) in [6, 6.07) is 6.67. The molecule has 1 aromatic carbocycles. The van der Waals surface area contributed by atoms with E-state index in [0.717, 1.165) is 22.3 Å². The van der Waals surface area contributed by atoms with Gasteiger partial charge in [-0.1, -0.05) is 29.8 Å². The Morgan fingerprint density at radius 2 is 2.17 bits per heavy atom. The van der Waals surface area contributed by atoms with Gasteiger partial charge in [0.1, 0.15) is 5.84 Å². The van der Waals surface area contributed by atoms with Crippen LogP contribution in [0.2, 0.25) is 0 Å². The highest BCUT2D eigenvalue weighted by atomic mass is 79.9. The summed E-state index contributed by atoms with van der Waals surface area (Å²) in [7, 11) is 0. The Bertz CT molecular complexity index is 452. The maximum atomic E-state index is 7.74. The summed E-state index contributed by atoms with van der Waals surface area (Å²) in [6.07, 6.45) is 2.50. The molecule has 18 heavy (non-hydrogen) atoms. The van der Waals surface area contributed by atoms with Crippen molar-refractivity contribution in [3.8, 4) is 0 Å². The van der Waals surface area contributed by atoms with Crippen LogP contribution in [-0.2, 0) is 0 Å². The number of nitrogen functional groups attached to an aromatic ring is 1. The summed E-state index contributed by atoms with van der Waals surface area (Å²) >= 11 is 3.45. The molecule has 3 N–H and O–H groups in total. The third-order valence-electron chi connectivity index (χ3n) is 3.11. The topological polar surface area (TPSA) is 53.1 Å². The number of benzene rings is 1. The standard InChI is InChI=1S/C14H20BrN3/c1-9(2)8-18(11-4-5-11)13-6-3-10(15)7-12(13)14(16)17/h3,6-7,9,11H,4-5,8H2,1-2H3,(H3,16,17). The Morgan fingerprint density at radius 3 is 2.67 bits per heavy atom. The summed E-state index contributed by atoms with van der Waals surface area (Å²) in [5.74, 6) is 0.745. The molecule has 0 radical (unpaired) electrons. The maximum absolute atomic E-state index is 7.74. The van der Waals surface area contributed by atoms with E-state index >= 15 is 0 Å². The summed E-state index contributed by atoms with van der Waals surface area (Å²) in [5.41, 5.74) is 7.64. The highest BCUT2D eigenvalue weighted by Gasteiger charge is 2.31. The minimum atomic E-state index is 0.140. The molecule has 0 saturated heterocycles. The van der Waals surface area contributed by atoms with Crippen LogP contribution in [0.1, 0.15) is 32.3 Å². The number of nitrogens with one attached hydrogen (secondary N) is 1. The second kappa shape index (κ2) is 5.31. The lowest BCUT2D eigenvalue weighted by atomic mass is 10.1. The average molecular weight is 310 g/mol. The van der Waals surface area contributed by atoms with Crippen LogP contribution < -0.4 is 10.6 Å². The molecule has 1 fully saturated rings. The largest absolute Gasteiger partial charge is 0.384 e. The summed E-state index contributed by atoms with van der Waals surface area (Å²) in [5, 5.41) is 7.74. The zero-order chi connectivity index (χ0) is 13.3. The van der Waals surface area contributed by atoms with Crippen LogP contribution in [0.5, 0.6) is 0 Å². The van der Waals surface area contributed by atoms with Gasteiger partial charge in [0.15, 0.2) is 0 Å². The fraction of sp³-hybridized carbons (Fsp3) is 0.500. The predicted octanol–water partition coefficient (Wildman–Crippen LogP) is 3.36. The summed E-state index contributed by atoms with van der Waals surface area (Å²) in [6.45, 7) is 5.47. The van der Waals surface area contributed by atoms with Gasteiger partial charge in [-0.15, -0.1) is 0 Å². The van der Waals surface area contributed by atoms with E-state index in [9.17, 15) is 0 Å². The zero-order valence-electron chi connectivity index (χ0n) is 10.9. The highest BCUT2D eigenvalue weighted by molar-refractivity contribution is 9.10. The number of hydrogen-bond acceptors (Lipinski definition) is 2. The van der Waals surface area contributed by atoms with Crippen LogP contribution in [0.4, 0.5) is 5.69 Å². The van der Waals surface area contributed by atoms with Crippen molar-refractivity contribution in [2.45, 2.75) is 32.7 Å². The third-order valence-corrected chi connectivity index (χ3v) is 3.60. The maximum Gasteiger partial charge on any atom is 0.124 e. The molecule has 0 unspecified atom stereocenters. The van der Waals surface area contributed by atoms with E-state index in [1.165, 1.54) is 12.8 Å². The molecule has 3 nitrogen and oxygen atoms in total. The van der Waals surface area contributed by atoms with Crippen molar-refractivity contribution >= 4 is 27.5 Å². The van der Waals surface area contributed by atoms with Crippen molar-refractivity contribution in [3.63, 3.8) is 0 Å². The van der Waals surface area contributed by atoms with Crippen LogP contribution in [0.25, 0.3) is 0 Å². The van der Waals surface area contributed by atoms with Crippen molar-refractivity contribution in [2.75, 3.05) is 11.4 Å². The summed E-state index contributed by atoms with van der Waals surface area (Å²) in [4.78, 5) is 2.41. The number of anilines is 1. The first-order valence-electron chi connectivity index (χ1n) is 6.39. The quantitative estimate of drug-likeness (QED) is 0.647. The van der Waals surface area contributed by atoms with Gasteiger partial charge in [-0.05, 0) is 37.0 Å². The molecule has 0 spiro atoms. The molecule has 0 amide bonds. The van der Waals surface area contributed by atoms with Crippen LogP contribution in [-0.4, -0.2) is 18.4 Å². The number of hydrogen-bond donors (Lipinski definition) is 2.